The van der Waals surface area contributed by atoms with Crippen molar-refractivity contribution in [1.29, 1.82) is 0 Å². The van der Waals surface area contributed by atoms with Crippen molar-refractivity contribution in [2.45, 2.75) is 76.3 Å². The zero-order valence-corrected chi connectivity index (χ0v) is 17.7. The zero-order chi connectivity index (χ0) is 18.4. The van der Waals surface area contributed by atoms with E-state index < -0.39 is 0 Å². The summed E-state index contributed by atoms with van der Waals surface area (Å²) in [6, 6.07) is 0. The van der Waals surface area contributed by atoms with E-state index >= 15 is 0 Å². The summed E-state index contributed by atoms with van der Waals surface area (Å²) < 4.78 is 12.3. The summed E-state index contributed by atoms with van der Waals surface area (Å²) in [6.07, 6.45) is 10.1. The van der Waals surface area contributed by atoms with E-state index in [1.807, 2.05) is 6.92 Å². The van der Waals surface area contributed by atoms with Crippen molar-refractivity contribution in [2.75, 3.05) is 19.0 Å². The first-order chi connectivity index (χ1) is 13.0. The summed E-state index contributed by atoms with van der Waals surface area (Å²) in [5.74, 6) is 5.26. The quantitative estimate of drug-likeness (QED) is 0.651. The van der Waals surface area contributed by atoms with E-state index in [1.54, 1.807) is 0 Å². The van der Waals surface area contributed by atoms with Gasteiger partial charge in [-0.05, 0) is 85.7 Å². The number of rotatable bonds is 1. The van der Waals surface area contributed by atoms with Crippen molar-refractivity contribution >= 4 is 17.5 Å². The molecule has 2 bridgehead atoms. The molecule has 6 rings (SSSR count). The van der Waals surface area contributed by atoms with Crippen molar-refractivity contribution in [1.82, 2.24) is 0 Å². The van der Waals surface area contributed by atoms with Gasteiger partial charge in [-0.2, -0.15) is 11.8 Å². The van der Waals surface area contributed by atoms with Gasteiger partial charge in [0.05, 0.1) is 13.2 Å². The number of Topliss-reactive ketones (excluding diaryl/α,β-unsaturated/α-hetero) is 1. The third-order valence-corrected chi connectivity index (χ3v) is 11.9. The van der Waals surface area contributed by atoms with Crippen LogP contribution in [0.15, 0.2) is 0 Å². The molecule has 0 N–H and O–H groups in total. The number of thioether (sulfide) groups is 1. The lowest BCUT2D eigenvalue weighted by Gasteiger charge is -2.61. The maximum atomic E-state index is 12.3. The topological polar surface area (TPSA) is 35.5 Å². The van der Waals surface area contributed by atoms with Crippen LogP contribution in [-0.4, -0.2) is 35.8 Å². The van der Waals surface area contributed by atoms with Crippen molar-refractivity contribution < 1.29 is 14.3 Å². The zero-order valence-electron chi connectivity index (χ0n) is 16.9. The monoisotopic (exact) mass is 390 g/mol. The highest BCUT2D eigenvalue weighted by Gasteiger charge is 2.68. The van der Waals surface area contributed by atoms with Crippen LogP contribution in [0.1, 0.15) is 65.2 Å². The molecule has 0 aromatic carbocycles. The summed E-state index contributed by atoms with van der Waals surface area (Å²) >= 11 is 2.28. The van der Waals surface area contributed by atoms with Gasteiger partial charge in [-0.15, -0.1) is 0 Å². The summed E-state index contributed by atoms with van der Waals surface area (Å²) in [5, 5.41) is 0.801. The minimum atomic E-state index is -0.236. The number of ketones is 1. The lowest BCUT2D eigenvalue weighted by Crippen LogP contribution is -2.58. The number of carbonyl (C=O) groups excluding carboxylic acids is 1. The number of ether oxygens (including phenoxy) is 2. The van der Waals surface area contributed by atoms with Gasteiger partial charge in [0.15, 0.2) is 5.79 Å². The molecule has 6 fully saturated rings. The Morgan fingerprint density at radius 3 is 2.59 bits per heavy atom. The molecule has 150 valence electrons. The molecule has 2 heterocycles. The molecule has 0 amide bonds. The van der Waals surface area contributed by atoms with E-state index in [4.69, 9.17) is 9.47 Å². The average Bonchev–Trinajstić information content (AvgIpc) is 3.30. The Morgan fingerprint density at radius 2 is 1.81 bits per heavy atom. The summed E-state index contributed by atoms with van der Waals surface area (Å²) in [5.41, 5.74) is 0.822. The molecule has 4 aliphatic carbocycles. The minimum Gasteiger partial charge on any atom is -0.348 e. The standard InChI is InChI=1S/C23H34O3S/c1-14(24)16-3-4-17-15-11-20-19-12-23(25-9-10-26-23)8-7-22(19,13-27-20)18(15)5-6-21(16,17)2/h15-20H,3-13H2,1-2H3/t15-,16+,17-,18-,19+,20+,21+,22-/m0/s1. The molecule has 4 saturated carbocycles. The highest BCUT2D eigenvalue weighted by molar-refractivity contribution is 8.00. The van der Waals surface area contributed by atoms with Gasteiger partial charge in [0.2, 0.25) is 0 Å². The Kier molecular flexibility index (Phi) is 3.79. The number of hydrogen-bond acceptors (Lipinski definition) is 4. The van der Waals surface area contributed by atoms with E-state index in [9.17, 15) is 4.79 Å². The molecule has 4 heteroatoms. The third-order valence-electron chi connectivity index (χ3n) is 10.2. The molecule has 0 aromatic rings. The van der Waals surface area contributed by atoms with Crippen LogP contribution in [0, 0.1) is 40.4 Å². The molecular weight excluding hydrogens is 356 g/mol. The van der Waals surface area contributed by atoms with E-state index in [0.29, 0.717) is 17.1 Å². The van der Waals surface area contributed by atoms with Gasteiger partial charge < -0.3 is 9.47 Å². The van der Waals surface area contributed by atoms with Crippen molar-refractivity contribution in [3.05, 3.63) is 0 Å². The Balaban J connectivity index is 1.32. The molecule has 1 spiro atoms. The summed E-state index contributed by atoms with van der Waals surface area (Å²) in [4.78, 5) is 12.3. The number of hydrogen-bond donors (Lipinski definition) is 0. The van der Waals surface area contributed by atoms with Gasteiger partial charge >= 0.3 is 0 Å². The van der Waals surface area contributed by atoms with Gasteiger partial charge in [-0.25, -0.2) is 0 Å². The van der Waals surface area contributed by atoms with Gasteiger partial charge in [-0.3, -0.25) is 4.79 Å². The summed E-state index contributed by atoms with van der Waals surface area (Å²) in [7, 11) is 0. The molecule has 6 aliphatic rings. The first-order valence-electron chi connectivity index (χ1n) is 11.4. The smallest absolute Gasteiger partial charge is 0.168 e. The minimum absolute atomic E-state index is 0.236. The molecule has 8 atom stereocenters. The number of carbonyl (C=O) groups is 1. The number of fused-ring (bicyclic) bond motifs is 3. The fourth-order valence-corrected chi connectivity index (χ4v) is 11.2. The first-order valence-corrected chi connectivity index (χ1v) is 12.4. The van der Waals surface area contributed by atoms with Crippen molar-refractivity contribution in [3.8, 4) is 0 Å². The molecule has 27 heavy (non-hydrogen) atoms. The van der Waals surface area contributed by atoms with Crippen LogP contribution in [-0.2, 0) is 14.3 Å². The molecule has 0 aromatic heterocycles. The van der Waals surface area contributed by atoms with Crippen LogP contribution in [0.4, 0.5) is 0 Å². The fraction of sp³-hybridized carbons (Fsp3) is 0.957. The molecule has 3 nitrogen and oxygen atoms in total. The Labute approximate surface area is 167 Å². The summed E-state index contributed by atoms with van der Waals surface area (Å²) in [6.45, 7) is 5.90. The normalized spacial score (nSPS) is 55.2. The maximum absolute atomic E-state index is 12.3. The lowest BCUT2D eigenvalue weighted by atomic mass is 9.44. The van der Waals surface area contributed by atoms with Crippen LogP contribution in [0.25, 0.3) is 0 Å². The van der Waals surface area contributed by atoms with Crippen molar-refractivity contribution in [2.24, 2.45) is 40.4 Å². The predicted molar refractivity (Wildman–Crippen MR) is 106 cm³/mol. The van der Waals surface area contributed by atoms with Crippen LogP contribution in [0.3, 0.4) is 0 Å². The second kappa shape index (κ2) is 5.76. The molecular formula is C23H34O3S. The first kappa shape index (κ1) is 17.8. The highest BCUT2D eigenvalue weighted by atomic mass is 32.2. The Morgan fingerprint density at radius 1 is 1.00 bits per heavy atom. The molecule has 0 radical (unpaired) electrons. The van der Waals surface area contributed by atoms with Crippen LogP contribution in [0.5, 0.6) is 0 Å². The lowest BCUT2D eigenvalue weighted by molar-refractivity contribution is -0.224. The second-order valence-corrected chi connectivity index (χ2v) is 12.1. The van der Waals surface area contributed by atoms with Gasteiger partial charge in [-0.1, -0.05) is 6.92 Å². The van der Waals surface area contributed by atoms with E-state index in [-0.39, 0.29) is 11.2 Å². The van der Waals surface area contributed by atoms with Crippen LogP contribution >= 0.6 is 11.8 Å². The van der Waals surface area contributed by atoms with E-state index in [2.05, 4.69) is 18.7 Å². The highest BCUT2D eigenvalue weighted by Crippen LogP contribution is 2.73. The van der Waals surface area contributed by atoms with Gasteiger partial charge in [0, 0.05) is 24.0 Å². The third kappa shape index (κ3) is 2.21. The predicted octanol–water partition coefficient (Wildman–Crippen LogP) is 4.68. The molecule has 2 saturated heterocycles. The van der Waals surface area contributed by atoms with Gasteiger partial charge in [0.1, 0.15) is 5.78 Å². The largest absolute Gasteiger partial charge is 0.348 e. The van der Waals surface area contributed by atoms with Crippen LogP contribution < -0.4 is 0 Å². The average molecular weight is 391 g/mol. The molecule has 2 aliphatic heterocycles. The SMILES string of the molecule is CC(=O)[C@H]1CC[C@H]2[C@@H]3C[C@H]4SC[C@@]5(CCC6(C[C@H]45)OCCO6)[C@H]3CC[C@]12C. The Bertz CT molecular complexity index is 658. The Hall–Kier alpha value is -0.0600. The van der Waals surface area contributed by atoms with E-state index in [1.165, 1.54) is 37.9 Å². The molecule has 0 unspecified atom stereocenters. The maximum Gasteiger partial charge on any atom is 0.168 e. The van der Waals surface area contributed by atoms with E-state index in [0.717, 1.165) is 61.4 Å². The van der Waals surface area contributed by atoms with Crippen LogP contribution in [0.2, 0.25) is 0 Å². The van der Waals surface area contributed by atoms with Gasteiger partial charge in [0.25, 0.3) is 0 Å². The fourth-order valence-electron chi connectivity index (χ4n) is 9.13. The van der Waals surface area contributed by atoms with Crippen molar-refractivity contribution in [3.63, 3.8) is 0 Å². The second-order valence-electron chi connectivity index (χ2n) is 10.9.